The van der Waals surface area contributed by atoms with Gasteiger partial charge < -0.3 is 4.74 Å². The molecule has 0 aliphatic heterocycles. The van der Waals surface area contributed by atoms with Gasteiger partial charge >= 0.3 is 5.97 Å². The van der Waals surface area contributed by atoms with Crippen LogP contribution in [0.25, 0.3) is 10.2 Å². The molecule has 0 radical (unpaired) electrons. The monoisotopic (exact) mass is 290 g/mol. The number of fused-ring (bicyclic) bond motifs is 1. The Morgan fingerprint density at radius 1 is 1.45 bits per heavy atom. The summed E-state index contributed by atoms with van der Waals surface area (Å²) in [6.45, 7) is 3.38. The molecule has 0 aliphatic rings. The second-order valence-electron chi connectivity index (χ2n) is 4.15. The lowest BCUT2D eigenvalue weighted by molar-refractivity contribution is -0.142. The van der Waals surface area contributed by atoms with Crippen molar-refractivity contribution in [2.45, 2.75) is 13.8 Å². The lowest BCUT2D eigenvalue weighted by Crippen LogP contribution is -2.19. The molecule has 1 heterocycles. The van der Waals surface area contributed by atoms with Crippen LogP contribution in [0.3, 0.4) is 0 Å². The Hall–Kier alpha value is -2.21. The van der Waals surface area contributed by atoms with Gasteiger partial charge in [-0.05, 0) is 31.5 Å². The van der Waals surface area contributed by atoms with Crippen LogP contribution in [0.5, 0.6) is 0 Å². The molecule has 6 heteroatoms. The van der Waals surface area contributed by atoms with E-state index in [-0.39, 0.29) is 6.61 Å². The topological polar surface area (TPSA) is 68.3 Å². The van der Waals surface area contributed by atoms with Gasteiger partial charge in [0.25, 0.3) is 5.91 Å². The van der Waals surface area contributed by atoms with Crippen molar-refractivity contribution in [1.82, 2.24) is 4.98 Å². The van der Waals surface area contributed by atoms with Gasteiger partial charge in [0, 0.05) is 6.08 Å². The molecule has 0 fully saturated rings. The van der Waals surface area contributed by atoms with Crippen LogP contribution in [0.4, 0.5) is 5.13 Å². The van der Waals surface area contributed by atoms with Crippen LogP contribution in [-0.4, -0.2) is 23.5 Å². The maximum atomic E-state index is 11.6. The first-order valence-electron chi connectivity index (χ1n) is 6.05. The third-order valence-electron chi connectivity index (χ3n) is 2.44. The normalized spacial score (nSPS) is 10.9. The average molecular weight is 290 g/mol. The molecule has 0 saturated heterocycles. The molecule has 2 aromatic rings. The van der Waals surface area contributed by atoms with Crippen molar-refractivity contribution < 1.29 is 14.3 Å². The lowest BCUT2D eigenvalue weighted by atomic mass is 10.2. The molecule has 1 amide bonds. The van der Waals surface area contributed by atoms with E-state index in [1.807, 2.05) is 25.1 Å². The summed E-state index contributed by atoms with van der Waals surface area (Å²) in [6.07, 6.45) is 2.81. The number of allylic oxidation sites excluding steroid dienone is 1. The first kappa shape index (κ1) is 14.2. The van der Waals surface area contributed by atoms with Crippen molar-refractivity contribution in [2.75, 3.05) is 11.9 Å². The van der Waals surface area contributed by atoms with Crippen molar-refractivity contribution in [1.29, 1.82) is 0 Å². The second kappa shape index (κ2) is 6.29. The smallest absolute Gasteiger partial charge is 0.330 e. The molecule has 5 nitrogen and oxygen atoms in total. The van der Waals surface area contributed by atoms with Crippen LogP contribution in [-0.2, 0) is 14.3 Å². The van der Waals surface area contributed by atoms with Crippen LogP contribution in [0.1, 0.15) is 12.5 Å². The molecule has 1 aromatic heterocycles. The molecule has 104 valence electrons. The number of amides is 1. The SMILES string of the molecule is CC=CC(=O)OCC(=O)Nc1nc2ccc(C)cc2s1. The minimum absolute atomic E-state index is 0.321. The molecular weight excluding hydrogens is 276 g/mol. The highest BCUT2D eigenvalue weighted by Crippen LogP contribution is 2.26. The number of ether oxygens (including phenoxy) is 1. The van der Waals surface area contributed by atoms with Crippen molar-refractivity contribution in [3.8, 4) is 0 Å². The Bertz CT molecular complexity index is 676. The van der Waals surface area contributed by atoms with Crippen LogP contribution >= 0.6 is 11.3 Å². The van der Waals surface area contributed by atoms with E-state index in [9.17, 15) is 9.59 Å². The number of carbonyl (C=O) groups is 2. The highest BCUT2D eigenvalue weighted by atomic mass is 32.1. The zero-order valence-corrected chi connectivity index (χ0v) is 12.0. The van der Waals surface area contributed by atoms with E-state index >= 15 is 0 Å². The summed E-state index contributed by atoms with van der Waals surface area (Å²) in [5, 5.41) is 3.11. The quantitative estimate of drug-likeness (QED) is 0.694. The van der Waals surface area contributed by atoms with E-state index in [2.05, 4.69) is 10.3 Å². The zero-order valence-electron chi connectivity index (χ0n) is 11.2. The van der Waals surface area contributed by atoms with Crippen molar-refractivity contribution >= 4 is 38.6 Å². The number of benzene rings is 1. The number of carbonyl (C=O) groups excluding carboxylic acids is 2. The molecule has 0 bridgehead atoms. The van der Waals surface area contributed by atoms with Crippen LogP contribution < -0.4 is 5.32 Å². The second-order valence-corrected chi connectivity index (χ2v) is 5.18. The first-order valence-corrected chi connectivity index (χ1v) is 6.86. The van der Waals surface area contributed by atoms with Crippen LogP contribution in [0.15, 0.2) is 30.4 Å². The summed E-state index contributed by atoms with van der Waals surface area (Å²) in [5.74, 6) is -0.943. The Morgan fingerprint density at radius 2 is 2.25 bits per heavy atom. The Balaban J connectivity index is 1.97. The molecule has 1 aromatic carbocycles. The van der Waals surface area contributed by atoms with E-state index in [0.717, 1.165) is 15.8 Å². The molecule has 0 atom stereocenters. The fourth-order valence-electron chi connectivity index (χ4n) is 1.56. The van der Waals surface area contributed by atoms with Crippen molar-refractivity contribution in [2.24, 2.45) is 0 Å². The maximum absolute atomic E-state index is 11.6. The van der Waals surface area contributed by atoms with Gasteiger partial charge in [0.1, 0.15) is 0 Å². The number of aromatic nitrogens is 1. The molecule has 0 spiro atoms. The number of rotatable bonds is 4. The summed E-state index contributed by atoms with van der Waals surface area (Å²) in [6, 6.07) is 5.88. The van der Waals surface area contributed by atoms with E-state index < -0.39 is 11.9 Å². The van der Waals surface area contributed by atoms with E-state index in [4.69, 9.17) is 4.74 Å². The molecule has 1 N–H and O–H groups in total. The number of hydrogen-bond donors (Lipinski definition) is 1. The number of anilines is 1. The molecule has 2 rings (SSSR count). The largest absolute Gasteiger partial charge is 0.452 e. The third kappa shape index (κ3) is 3.64. The summed E-state index contributed by atoms with van der Waals surface area (Å²) in [7, 11) is 0. The first-order chi connectivity index (χ1) is 9.58. The standard InChI is InChI=1S/C14H14N2O3S/c1-3-4-13(18)19-8-12(17)16-14-15-10-6-5-9(2)7-11(10)20-14/h3-7H,8H2,1-2H3,(H,15,16,17). The summed E-state index contributed by atoms with van der Waals surface area (Å²) in [5.41, 5.74) is 1.97. The predicted octanol–water partition coefficient (Wildman–Crippen LogP) is 2.66. The van der Waals surface area contributed by atoms with Gasteiger partial charge in [0.05, 0.1) is 10.2 Å². The molecule has 20 heavy (non-hydrogen) atoms. The minimum Gasteiger partial charge on any atom is -0.452 e. The number of aryl methyl sites for hydroxylation is 1. The number of nitrogens with one attached hydrogen (secondary N) is 1. The van der Waals surface area contributed by atoms with Gasteiger partial charge in [0.15, 0.2) is 11.7 Å². The van der Waals surface area contributed by atoms with Gasteiger partial charge in [0.2, 0.25) is 0 Å². The fraction of sp³-hybridized carbons (Fsp3) is 0.214. The molecular formula is C14H14N2O3S. The lowest BCUT2D eigenvalue weighted by Gasteiger charge is -2.01. The number of hydrogen-bond acceptors (Lipinski definition) is 5. The van der Waals surface area contributed by atoms with E-state index in [1.54, 1.807) is 13.0 Å². The summed E-state index contributed by atoms with van der Waals surface area (Å²) >= 11 is 1.39. The van der Waals surface area contributed by atoms with Crippen LogP contribution in [0.2, 0.25) is 0 Å². The van der Waals surface area contributed by atoms with Gasteiger partial charge in [-0.2, -0.15) is 0 Å². The highest BCUT2D eigenvalue weighted by molar-refractivity contribution is 7.22. The van der Waals surface area contributed by atoms with Gasteiger partial charge in [-0.25, -0.2) is 9.78 Å². The zero-order chi connectivity index (χ0) is 14.5. The molecule has 0 unspecified atom stereocenters. The van der Waals surface area contributed by atoms with Crippen molar-refractivity contribution in [3.05, 3.63) is 35.9 Å². The highest BCUT2D eigenvalue weighted by Gasteiger charge is 2.09. The van der Waals surface area contributed by atoms with Crippen LogP contribution in [0, 0.1) is 6.92 Å². The van der Waals surface area contributed by atoms with E-state index in [1.165, 1.54) is 17.4 Å². The fourth-order valence-corrected chi connectivity index (χ4v) is 2.54. The predicted molar refractivity (Wildman–Crippen MR) is 78.8 cm³/mol. The Kier molecular flexibility index (Phi) is 4.47. The molecule has 0 saturated carbocycles. The Morgan fingerprint density at radius 3 is 3.00 bits per heavy atom. The van der Waals surface area contributed by atoms with E-state index in [0.29, 0.717) is 5.13 Å². The summed E-state index contributed by atoms with van der Waals surface area (Å²) < 4.78 is 5.75. The number of thiazole rings is 1. The number of nitrogens with zero attached hydrogens (tertiary/aromatic N) is 1. The number of esters is 1. The van der Waals surface area contributed by atoms with Gasteiger partial charge in [-0.1, -0.05) is 23.5 Å². The van der Waals surface area contributed by atoms with Gasteiger partial charge in [-0.15, -0.1) is 0 Å². The maximum Gasteiger partial charge on any atom is 0.330 e. The average Bonchev–Trinajstić information content (AvgIpc) is 2.78. The Labute approximate surface area is 120 Å². The molecule has 0 aliphatic carbocycles. The van der Waals surface area contributed by atoms with Gasteiger partial charge in [-0.3, -0.25) is 10.1 Å². The minimum atomic E-state index is -0.539. The van der Waals surface area contributed by atoms with Crippen molar-refractivity contribution in [3.63, 3.8) is 0 Å². The third-order valence-corrected chi connectivity index (χ3v) is 3.37. The summed E-state index contributed by atoms with van der Waals surface area (Å²) in [4.78, 5) is 27.0.